The first-order valence-electron chi connectivity index (χ1n) is 10.0. The summed E-state index contributed by atoms with van der Waals surface area (Å²) >= 11 is 0. The minimum atomic E-state index is 1.19. The lowest BCUT2D eigenvalue weighted by Gasteiger charge is -2.18. The molecule has 0 radical (unpaired) electrons. The fourth-order valence-electron chi connectivity index (χ4n) is 3.51. The van der Waals surface area contributed by atoms with E-state index in [1.807, 2.05) is 0 Å². The van der Waals surface area contributed by atoms with Crippen molar-refractivity contribution < 1.29 is 0 Å². The summed E-state index contributed by atoms with van der Waals surface area (Å²) in [6.07, 6.45) is 11.3. The number of hydrogen-bond acceptors (Lipinski definition) is 0. The van der Waals surface area contributed by atoms with Gasteiger partial charge >= 0.3 is 0 Å². The van der Waals surface area contributed by atoms with Crippen molar-refractivity contribution in [2.24, 2.45) is 0 Å². The molecule has 2 aromatic carbocycles. The number of aryl methyl sites for hydroxylation is 2. The van der Waals surface area contributed by atoms with Crippen LogP contribution in [0.25, 0.3) is 11.1 Å². The maximum atomic E-state index is 2.36. The normalized spacial score (nSPS) is 11.0. The molecule has 0 aromatic heterocycles. The average Bonchev–Trinajstić information content (AvgIpc) is 2.63. The molecule has 0 aliphatic heterocycles. The quantitative estimate of drug-likeness (QED) is 0.428. The van der Waals surface area contributed by atoms with Crippen molar-refractivity contribution in [2.45, 2.75) is 78.6 Å². The van der Waals surface area contributed by atoms with E-state index in [0.717, 1.165) is 0 Å². The van der Waals surface area contributed by atoms with Crippen LogP contribution in [0.1, 0.15) is 76.0 Å². The smallest absolute Gasteiger partial charge is 0.0146 e. The van der Waals surface area contributed by atoms with Crippen molar-refractivity contribution in [3.8, 4) is 11.1 Å². The Morgan fingerprint density at radius 1 is 0.542 bits per heavy atom. The van der Waals surface area contributed by atoms with Crippen LogP contribution in [0.15, 0.2) is 42.5 Å². The zero-order valence-corrected chi connectivity index (χ0v) is 15.9. The van der Waals surface area contributed by atoms with Gasteiger partial charge < -0.3 is 0 Å². The third-order valence-electron chi connectivity index (χ3n) is 4.96. The summed E-state index contributed by atoms with van der Waals surface area (Å²) in [5.41, 5.74) is 7.66. The molecule has 0 spiro atoms. The fourth-order valence-corrected chi connectivity index (χ4v) is 3.51. The highest BCUT2D eigenvalue weighted by atomic mass is 14.2. The highest BCUT2D eigenvalue weighted by Crippen LogP contribution is 2.32. The van der Waals surface area contributed by atoms with Crippen LogP contribution in [0.2, 0.25) is 0 Å². The second-order valence-electron chi connectivity index (χ2n) is 6.91. The molecule has 0 aliphatic carbocycles. The van der Waals surface area contributed by atoms with E-state index in [4.69, 9.17) is 0 Å². The second-order valence-corrected chi connectivity index (χ2v) is 6.91. The molecule has 0 nitrogen and oxygen atoms in total. The Labute approximate surface area is 149 Å². The molecule has 0 heteroatoms. The predicted octanol–water partition coefficient (Wildman–Crippen LogP) is 7.38. The second kappa shape index (κ2) is 10.3. The van der Waals surface area contributed by atoms with E-state index in [2.05, 4.69) is 63.2 Å². The fraction of sp³-hybridized carbons (Fsp3) is 0.500. The Bertz CT molecular complexity index is 609. The molecule has 0 atom stereocenters. The third-order valence-corrected chi connectivity index (χ3v) is 4.96. The van der Waals surface area contributed by atoms with Crippen LogP contribution in [-0.2, 0) is 19.3 Å². The standard InChI is InChI=1S/C24H34/c1-4-7-13-20-15-10-11-18-23(20)24-19-12-16-21(14-8-5-2)22(24)17-9-6-3/h10-12,15-16,18-19H,4-9,13-14,17H2,1-3H3. The summed E-state index contributed by atoms with van der Waals surface area (Å²) in [7, 11) is 0. The number of benzene rings is 2. The molecule has 0 fully saturated rings. The summed E-state index contributed by atoms with van der Waals surface area (Å²) in [6.45, 7) is 6.86. The van der Waals surface area contributed by atoms with Crippen LogP contribution in [-0.4, -0.2) is 0 Å². The highest BCUT2D eigenvalue weighted by Gasteiger charge is 2.12. The van der Waals surface area contributed by atoms with E-state index in [-0.39, 0.29) is 0 Å². The Morgan fingerprint density at radius 2 is 1.08 bits per heavy atom. The first-order valence-corrected chi connectivity index (χ1v) is 10.0. The summed E-state index contributed by atoms with van der Waals surface area (Å²) in [5, 5.41) is 0. The molecule has 0 heterocycles. The van der Waals surface area contributed by atoms with Gasteiger partial charge in [-0.1, -0.05) is 82.5 Å². The van der Waals surface area contributed by atoms with Gasteiger partial charge in [-0.15, -0.1) is 0 Å². The highest BCUT2D eigenvalue weighted by molar-refractivity contribution is 5.72. The van der Waals surface area contributed by atoms with Crippen LogP contribution in [0, 0.1) is 0 Å². The summed E-state index contributed by atoms with van der Waals surface area (Å²) in [5.74, 6) is 0. The van der Waals surface area contributed by atoms with Crippen LogP contribution < -0.4 is 0 Å². The lowest BCUT2D eigenvalue weighted by Crippen LogP contribution is -2.00. The van der Waals surface area contributed by atoms with Crippen LogP contribution in [0.5, 0.6) is 0 Å². The van der Waals surface area contributed by atoms with E-state index in [0.29, 0.717) is 0 Å². The lowest BCUT2D eigenvalue weighted by molar-refractivity contribution is 0.758. The number of hydrogen-bond donors (Lipinski definition) is 0. The monoisotopic (exact) mass is 322 g/mol. The van der Waals surface area contributed by atoms with Gasteiger partial charge in [-0.05, 0) is 66.3 Å². The van der Waals surface area contributed by atoms with Crippen LogP contribution >= 0.6 is 0 Å². The van der Waals surface area contributed by atoms with E-state index >= 15 is 0 Å². The first-order chi connectivity index (χ1) is 11.8. The van der Waals surface area contributed by atoms with Gasteiger partial charge in [0.15, 0.2) is 0 Å². The maximum Gasteiger partial charge on any atom is -0.0146 e. The van der Waals surface area contributed by atoms with Gasteiger partial charge in [0.2, 0.25) is 0 Å². The first kappa shape index (κ1) is 18.8. The molecule has 24 heavy (non-hydrogen) atoms. The van der Waals surface area contributed by atoms with Crippen molar-refractivity contribution in [3.05, 3.63) is 59.2 Å². The van der Waals surface area contributed by atoms with Crippen LogP contribution in [0.4, 0.5) is 0 Å². The molecular formula is C24H34. The van der Waals surface area contributed by atoms with Crippen molar-refractivity contribution in [2.75, 3.05) is 0 Å². The van der Waals surface area contributed by atoms with Gasteiger partial charge in [0.05, 0.1) is 0 Å². The zero-order valence-electron chi connectivity index (χ0n) is 15.9. The molecule has 0 bridgehead atoms. The molecule has 0 saturated carbocycles. The Balaban J connectivity index is 2.44. The molecule has 0 aliphatic rings. The van der Waals surface area contributed by atoms with Crippen molar-refractivity contribution in [1.29, 1.82) is 0 Å². The Kier molecular flexibility index (Phi) is 8.08. The molecule has 0 N–H and O–H groups in total. The van der Waals surface area contributed by atoms with Gasteiger partial charge in [0.25, 0.3) is 0 Å². The van der Waals surface area contributed by atoms with Gasteiger partial charge in [-0.3, -0.25) is 0 Å². The maximum absolute atomic E-state index is 2.36. The van der Waals surface area contributed by atoms with Crippen molar-refractivity contribution in [1.82, 2.24) is 0 Å². The van der Waals surface area contributed by atoms with Gasteiger partial charge in [0, 0.05) is 0 Å². The Hall–Kier alpha value is -1.56. The van der Waals surface area contributed by atoms with Gasteiger partial charge in [-0.25, -0.2) is 0 Å². The van der Waals surface area contributed by atoms with Gasteiger partial charge in [0.1, 0.15) is 0 Å². The minimum absolute atomic E-state index is 1.19. The Morgan fingerprint density at radius 3 is 1.79 bits per heavy atom. The van der Waals surface area contributed by atoms with Crippen LogP contribution in [0.3, 0.4) is 0 Å². The predicted molar refractivity (Wildman–Crippen MR) is 108 cm³/mol. The molecular weight excluding hydrogens is 288 g/mol. The lowest BCUT2D eigenvalue weighted by atomic mass is 9.87. The van der Waals surface area contributed by atoms with Crippen molar-refractivity contribution >= 4 is 0 Å². The largest absolute Gasteiger partial charge is 0.0654 e. The third kappa shape index (κ3) is 4.97. The molecule has 130 valence electrons. The number of unbranched alkanes of at least 4 members (excludes halogenated alkanes) is 3. The van der Waals surface area contributed by atoms with Gasteiger partial charge in [-0.2, -0.15) is 0 Å². The topological polar surface area (TPSA) is 0 Å². The zero-order chi connectivity index (χ0) is 17.2. The average molecular weight is 323 g/mol. The number of rotatable bonds is 10. The summed E-state index contributed by atoms with van der Waals surface area (Å²) in [4.78, 5) is 0. The van der Waals surface area contributed by atoms with Crippen molar-refractivity contribution in [3.63, 3.8) is 0 Å². The molecule has 2 aromatic rings. The minimum Gasteiger partial charge on any atom is -0.0654 e. The van der Waals surface area contributed by atoms with E-state index < -0.39 is 0 Å². The van der Waals surface area contributed by atoms with E-state index in [1.54, 1.807) is 11.1 Å². The molecule has 2 rings (SSSR count). The molecule has 0 amide bonds. The van der Waals surface area contributed by atoms with E-state index in [9.17, 15) is 0 Å². The molecule has 0 saturated heterocycles. The SMILES string of the molecule is CCCCc1ccccc1-c1cccc(CCCC)c1CCCC. The molecule has 0 unspecified atom stereocenters. The summed E-state index contributed by atoms with van der Waals surface area (Å²) in [6, 6.07) is 16.0. The summed E-state index contributed by atoms with van der Waals surface area (Å²) < 4.78 is 0. The van der Waals surface area contributed by atoms with E-state index in [1.165, 1.54) is 74.5 Å².